The topological polar surface area (TPSA) is 84.7 Å². The summed E-state index contributed by atoms with van der Waals surface area (Å²) < 4.78 is 5.46. The molecule has 0 bridgehead atoms. The number of rotatable bonds is 6. The van der Waals surface area contributed by atoms with Gasteiger partial charge in [0, 0.05) is 24.2 Å². The second-order valence-corrected chi connectivity index (χ2v) is 6.26. The van der Waals surface area contributed by atoms with Crippen molar-refractivity contribution in [2.24, 2.45) is 5.73 Å². The highest BCUT2D eigenvalue weighted by Crippen LogP contribution is 2.22. The highest BCUT2D eigenvalue weighted by molar-refractivity contribution is 5.98. The second kappa shape index (κ2) is 7.97. The Balaban J connectivity index is 2.17. The van der Waals surface area contributed by atoms with Gasteiger partial charge in [-0.25, -0.2) is 0 Å². The molecule has 1 fully saturated rings. The average Bonchev–Trinajstić information content (AvgIpc) is 2.94. The lowest BCUT2D eigenvalue weighted by Crippen LogP contribution is -2.47. The van der Waals surface area contributed by atoms with Crippen molar-refractivity contribution in [1.29, 1.82) is 0 Å². The van der Waals surface area contributed by atoms with Crippen LogP contribution in [-0.2, 0) is 4.79 Å². The van der Waals surface area contributed by atoms with Crippen molar-refractivity contribution in [2.75, 3.05) is 13.2 Å². The standard InChI is InChI=1S/C18H25N3O3/c1-4-8-24-15-7-5-6-13(9-15)18(23)21-11-14(19)10-16(21)17(22)20-12(2)3/h4-7,9,12,14,16H,1,8,10-11,19H2,2-3H3,(H,20,22)/t14-,16+/m1/s1. The van der Waals surface area contributed by atoms with Gasteiger partial charge in [-0.2, -0.15) is 0 Å². The first-order valence-electron chi connectivity index (χ1n) is 8.13. The van der Waals surface area contributed by atoms with E-state index >= 15 is 0 Å². The zero-order valence-electron chi connectivity index (χ0n) is 14.2. The zero-order chi connectivity index (χ0) is 17.7. The van der Waals surface area contributed by atoms with Crippen LogP contribution in [0, 0.1) is 0 Å². The molecule has 0 saturated carbocycles. The third kappa shape index (κ3) is 4.35. The third-order valence-corrected chi connectivity index (χ3v) is 3.78. The molecule has 2 atom stereocenters. The summed E-state index contributed by atoms with van der Waals surface area (Å²) in [6.07, 6.45) is 2.11. The summed E-state index contributed by atoms with van der Waals surface area (Å²) in [4.78, 5) is 26.7. The number of carbonyl (C=O) groups is 2. The van der Waals surface area contributed by atoms with Crippen molar-refractivity contribution in [2.45, 2.75) is 38.4 Å². The smallest absolute Gasteiger partial charge is 0.254 e. The van der Waals surface area contributed by atoms with Crippen molar-refractivity contribution >= 4 is 11.8 Å². The number of likely N-dealkylation sites (tertiary alicyclic amines) is 1. The monoisotopic (exact) mass is 331 g/mol. The van der Waals surface area contributed by atoms with Gasteiger partial charge in [-0.05, 0) is 38.5 Å². The highest BCUT2D eigenvalue weighted by Gasteiger charge is 2.38. The molecular weight excluding hydrogens is 306 g/mol. The average molecular weight is 331 g/mol. The van der Waals surface area contributed by atoms with Crippen LogP contribution in [0.5, 0.6) is 5.75 Å². The number of ether oxygens (including phenoxy) is 1. The zero-order valence-corrected chi connectivity index (χ0v) is 14.2. The van der Waals surface area contributed by atoms with E-state index in [1.54, 1.807) is 35.2 Å². The van der Waals surface area contributed by atoms with Gasteiger partial charge in [-0.1, -0.05) is 18.7 Å². The Morgan fingerprint density at radius 1 is 1.50 bits per heavy atom. The van der Waals surface area contributed by atoms with Gasteiger partial charge in [0.2, 0.25) is 5.91 Å². The van der Waals surface area contributed by atoms with Gasteiger partial charge < -0.3 is 20.7 Å². The summed E-state index contributed by atoms with van der Waals surface area (Å²) in [6, 6.07) is 6.20. The fraction of sp³-hybridized carbons (Fsp3) is 0.444. The molecule has 0 unspecified atom stereocenters. The van der Waals surface area contributed by atoms with Crippen LogP contribution in [0.4, 0.5) is 0 Å². The molecule has 6 nitrogen and oxygen atoms in total. The van der Waals surface area contributed by atoms with Gasteiger partial charge >= 0.3 is 0 Å². The number of nitrogens with two attached hydrogens (primary N) is 1. The maximum Gasteiger partial charge on any atom is 0.254 e. The van der Waals surface area contributed by atoms with Crippen molar-refractivity contribution in [3.05, 3.63) is 42.5 Å². The highest BCUT2D eigenvalue weighted by atomic mass is 16.5. The third-order valence-electron chi connectivity index (χ3n) is 3.78. The Kier molecular flexibility index (Phi) is 5.98. The molecule has 1 heterocycles. The van der Waals surface area contributed by atoms with E-state index in [9.17, 15) is 9.59 Å². The fourth-order valence-electron chi connectivity index (χ4n) is 2.76. The lowest BCUT2D eigenvalue weighted by Gasteiger charge is -2.25. The summed E-state index contributed by atoms with van der Waals surface area (Å²) in [5.74, 6) is 0.216. The lowest BCUT2D eigenvalue weighted by atomic mass is 10.1. The van der Waals surface area contributed by atoms with Crippen LogP contribution in [0.2, 0.25) is 0 Å². The first-order chi connectivity index (χ1) is 11.4. The minimum Gasteiger partial charge on any atom is -0.490 e. The van der Waals surface area contributed by atoms with E-state index in [0.29, 0.717) is 30.9 Å². The van der Waals surface area contributed by atoms with Crippen LogP contribution in [0.15, 0.2) is 36.9 Å². The number of benzene rings is 1. The van der Waals surface area contributed by atoms with E-state index in [1.807, 2.05) is 13.8 Å². The van der Waals surface area contributed by atoms with Crippen LogP contribution >= 0.6 is 0 Å². The molecular formula is C18H25N3O3. The van der Waals surface area contributed by atoms with Gasteiger partial charge in [0.15, 0.2) is 0 Å². The molecule has 1 saturated heterocycles. The number of hydrogen-bond donors (Lipinski definition) is 2. The Labute approximate surface area is 142 Å². The van der Waals surface area contributed by atoms with Crippen molar-refractivity contribution in [1.82, 2.24) is 10.2 Å². The van der Waals surface area contributed by atoms with E-state index < -0.39 is 6.04 Å². The van der Waals surface area contributed by atoms with E-state index in [2.05, 4.69) is 11.9 Å². The molecule has 0 spiro atoms. The van der Waals surface area contributed by atoms with Gasteiger partial charge in [0.05, 0.1) is 0 Å². The van der Waals surface area contributed by atoms with Gasteiger partial charge in [0.1, 0.15) is 18.4 Å². The predicted octanol–water partition coefficient (Wildman–Crippen LogP) is 1.32. The minimum absolute atomic E-state index is 0.0157. The summed E-state index contributed by atoms with van der Waals surface area (Å²) >= 11 is 0. The Morgan fingerprint density at radius 3 is 2.92 bits per heavy atom. The Morgan fingerprint density at radius 2 is 2.25 bits per heavy atom. The maximum atomic E-state index is 12.8. The van der Waals surface area contributed by atoms with Crippen LogP contribution < -0.4 is 15.8 Å². The number of nitrogens with zero attached hydrogens (tertiary/aromatic N) is 1. The molecule has 3 N–H and O–H groups in total. The fourth-order valence-corrected chi connectivity index (χ4v) is 2.76. The molecule has 6 heteroatoms. The maximum absolute atomic E-state index is 12.8. The number of nitrogens with one attached hydrogen (secondary N) is 1. The molecule has 24 heavy (non-hydrogen) atoms. The van der Waals surface area contributed by atoms with Crippen LogP contribution in [-0.4, -0.2) is 48.0 Å². The lowest BCUT2D eigenvalue weighted by molar-refractivity contribution is -0.125. The SMILES string of the molecule is C=CCOc1cccc(C(=O)N2C[C@H](N)C[C@H]2C(=O)NC(C)C)c1. The molecule has 0 aliphatic carbocycles. The number of amides is 2. The van der Waals surface area contributed by atoms with Crippen molar-refractivity contribution in [3.8, 4) is 5.75 Å². The molecule has 1 aliphatic heterocycles. The summed E-state index contributed by atoms with van der Waals surface area (Å²) in [5.41, 5.74) is 6.47. The minimum atomic E-state index is -0.535. The number of hydrogen-bond acceptors (Lipinski definition) is 4. The van der Waals surface area contributed by atoms with Crippen molar-refractivity contribution < 1.29 is 14.3 Å². The summed E-state index contributed by atoms with van der Waals surface area (Å²) in [6.45, 7) is 8.11. The largest absolute Gasteiger partial charge is 0.490 e. The predicted molar refractivity (Wildman–Crippen MR) is 92.8 cm³/mol. The summed E-state index contributed by atoms with van der Waals surface area (Å²) in [5, 5.41) is 2.86. The Hall–Kier alpha value is -2.34. The van der Waals surface area contributed by atoms with E-state index in [0.717, 1.165) is 0 Å². The quantitative estimate of drug-likeness (QED) is 0.770. The van der Waals surface area contributed by atoms with Gasteiger partial charge in [-0.3, -0.25) is 9.59 Å². The molecule has 2 rings (SSSR count). The van der Waals surface area contributed by atoms with Crippen molar-refractivity contribution in [3.63, 3.8) is 0 Å². The second-order valence-electron chi connectivity index (χ2n) is 6.26. The van der Waals surface area contributed by atoms with E-state index in [1.165, 1.54) is 0 Å². The first kappa shape index (κ1) is 18.0. The molecule has 0 radical (unpaired) electrons. The normalized spacial score (nSPS) is 20.1. The van der Waals surface area contributed by atoms with Crippen LogP contribution in [0.1, 0.15) is 30.6 Å². The molecule has 130 valence electrons. The molecule has 1 aromatic rings. The van der Waals surface area contributed by atoms with E-state index in [4.69, 9.17) is 10.5 Å². The van der Waals surface area contributed by atoms with Gasteiger partial charge in [0.25, 0.3) is 5.91 Å². The van der Waals surface area contributed by atoms with E-state index in [-0.39, 0.29) is 23.9 Å². The van der Waals surface area contributed by atoms with Crippen LogP contribution in [0.25, 0.3) is 0 Å². The molecule has 2 amide bonds. The van der Waals surface area contributed by atoms with Gasteiger partial charge in [-0.15, -0.1) is 0 Å². The molecule has 0 aromatic heterocycles. The first-order valence-corrected chi connectivity index (χ1v) is 8.13. The molecule has 1 aromatic carbocycles. The number of carbonyl (C=O) groups excluding carboxylic acids is 2. The Bertz CT molecular complexity index is 615. The molecule has 1 aliphatic rings. The van der Waals surface area contributed by atoms with Crippen LogP contribution in [0.3, 0.4) is 0 Å². The summed E-state index contributed by atoms with van der Waals surface area (Å²) in [7, 11) is 0.